The van der Waals surface area contributed by atoms with Crippen molar-refractivity contribution in [1.82, 2.24) is 10.0 Å². The topological polar surface area (TPSA) is 84.5 Å². The highest BCUT2D eigenvalue weighted by atomic mass is 32.2. The molecule has 0 aliphatic heterocycles. The molecule has 1 amide bonds. The molecule has 25 heavy (non-hydrogen) atoms. The van der Waals surface area contributed by atoms with Crippen LogP contribution in [0.15, 0.2) is 29.2 Å². The van der Waals surface area contributed by atoms with E-state index < -0.39 is 10.0 Å². The second kappa shape index (κ2) is 9.31. The van der Waals surface area contributed by atoms with Crippen molar-refractivity contribution in [2.75, 3.05) is 13.7 Å². The van der Waals surface area contributed by atoms with Crippen LogP contribution in [0.2, 0.25) is 0 Å². The van der Waals surface area contributed by atoms with Gasteiger partial charge in [-0.2, -0.15) is 0 Å². The summed E-state index contributed by atoms with van der Waals surface area (Å²) >= 11 is 0. The smallest absolute Gasteiger partial charge is 0.251 e. The molecule has 0 bridgehead atoms. The number of nitrogens with one attached hydrogen (secondary N) is 2. The lowest BCUT2D eigenvalue weighted by molar-refractivity contribution is 0.0933. The zero-order valence-electron chi connectivity index (χ0n) is 15.0. The van der Waals surface area contributed by atoms with Crippen LogP contribution in [0.4, 0.5) is 0 Å². The van der Waals surface area contributed by atoms with Crippen molar-refractivity contribution in [2.24, 2.45) is 0 Å². The van der Waals surface area contributed by atoms with Crippen LogP contribution in [-0.4, -0.2) is 40.1 Å². The zero-order valence-corrected chi connectivity index (χ0v) is 15.8. The minimum atomic E-state index is -3.62. The Morgan fingerprint density at radius 1 is 1.16 bits per heavy atom. The minimum Gasteiger partial charge on any atom is -0.383 e. The number of sulfonamides is 1. The van der Waals surface area contributed by atoms with E-state index in [0.29, 0.717) is 12.2 Å². The average molecular weight is 368 g/mol. The number of carbonyl (C=O) groups excluding carboxylic acids is 1. The van der Waals surface area contributed by atoms with E-state index in [0.717, 1.165) is 25.7 Å². The van der Waals surface area contributed by atoms with Gasteiger partial charge >= 0.3 is 0 Å². The van der Waals surface area contributed by atoms with E-state index in [-0.39, 0.29) is 22.9 Å². The highest BCUT2D eigenvalue weighted by molar-refractivity contribution is 7.89. The van der Waals surface area contributed by atoms with Gasteiger partial charge in [0.1, 0.15) is 0 Å². The molecule has 1 saturated carbocycles. The van der Waals surface area contributed by atoms with Crippen LogP contribution >= 0.6 is 0 Å². The number of ether oxygens (including phenoxy) is 1. The van der Waals surface area contributed by atoms with Gasteiger partial charge < -0.3 is 10.1 Å². The standard InChI is InChI=1S/C18H28N2O4S/c1-14(13-24-2)20-25(22,23)17-11-9-15(10-12-17)18(21)19-16-7-5-3-4-6-8-16/h9-12,14,16,20H,3-8,13H2,1-2H3,(H,19,21). The molecule has 0 radical (unpaired) electrons. The normalized spacial score (nSPS) is 17.7. The fourth-order valence-electron chi connectivity index (χ4n) is 3.09. The molecule has 0 spiro atoms. The van der Waals surface area contributed by atoms with Gasteiger partial charge in [0.05, 0.1) is 11.5 Å². The molecular formula is C18H28N2O4S. The van der Waals surface area contributed by atoms with E-state index in [4.69, 9.17) is 4.74 Å². The summed E-state index contributed by atoms with van der Waals surface area (Å²) < 4.78 is 32.1. The van der Waals surface area contributed by atoms with Crippen molar-refractivity contribution >= 4 is 15.9 Å². The Kier molecular flexibility index (Phi) is 7.40. The van der Waals surface area contributed by atoms with Gasteiger partial charge in [0, 0.05) is 24.8 Å². The Morgan fingerprint density at radius 3 is 2.32 bits per heavy atom. The van der Waals surface area contributed by atoms with Gasteiger partial charge in [-0.25, -0.2) is 13.1 Å². The second-order valence-corrected chi connectivity index (χ2v) is 8.38. The quantitative estimate of drug-likeness (QED) is 0.724. The van der Waals surface area contributed by atoms with Crippen molar-refractivity contribution in [2.45, 2.75) is 62.4 Å². The third kappa shape index (κ3) is 6.09. The molecule has 1 aliphatic rings. The predicted octanol–water partition coefficient (Wildman–Crippen LogP) is 2.45. The summed E-state index contributed by atoms with van der Waals surface area (Å²) in [5.41, 5.74) is 0.480. The molecule has 1 fully saturated rings. The van der Waals surface area contributed by atoms with Gasteiger partial charge in [-0.05, 0) is 44.0 Å². The van der Waals surface area contributed by atoms with Gasteiger partial charge in [-0.15, -0.1) is 0 Å². The number of hydrogen-bond donors (Lipinski definition) is 2. The largest absolute Gasteiger partial charge is 0.383 e. The maximum Gasteiger partial charge on any atom is 0.251 e. The summed E-state index contributed by atoms with van der Waals surface area (Å²) in [4.78, 5) is 12.5. The molecule has 0 heterocycles. The monoisotopic (exact) mass is 368 g/mol. The molecular weight excluding hydrogens is 340 g/mol. The maximum atomic E-state index is 12.4. The molecule has 1 atom stereocenters. The molecule has 1 aromatic rings. The lowest BCUT2D eigenvalue weighted by atomic mass is 10.1. The van der Waals surface area contributed by atoms with E-state index in [9.17, 15) is 13.2 Å². The lowest BCUT2D eigenvalue weighted by Gasteiger charge is -2.16. The summed E-state index contributed by atoms with van der Waals surface area (Å²) in [6, 6.07) is 5.93. The van der Waals surface area contributed by atoms with E-state index in [1.807, 2.05) is 0 Å². The van der Waals surface area contributed by atoms with Crippen molar-refractivity contribution in [3.8, 4) is 0 Å². The van der Waals surface area contributed by atoms with Crippen LogP contribution in [0.25, 0.3) is 0 Å². The Bertz CT molecular complexity index is 650. The Labute approximate surface area is 150 Å². The summed E-state index contributed by atoms with van der Waals surface area (Å²) in [7, 11) is -2.10. The van der Waals surface area contributed by atoms with Crippen LogP contribution in [0.3, 0.4) is 0 Å². The molecule has 1 unspecified atom stereocenters. The molecule has 0 aromatic heterocycles. The Morgan fingerprint density at radius 2 is 1.76 bits per heavy atom. The Hall–Kier alpha value is -1.44. The highest BCUT2D eigenvalue weighted by Crippen LogP contribution is 2.18. The number of methoxy groups -OCH3 is 1. The number of rotatable bonds is 7. The third-order valence-corrected chi connectivity index (χ3v) is 6.00. The van der Waals surface area contributed by atoms with Gasteiger partial charge in [0.2, 0.25) is 10.0 Å². The van der Waals surface area contributed by atoms with Crippen LogP contribution in [0.1, 0.15) is 55.8 Å². The van der Waals surface area contributed by atoms with Gasteiger partial charge in [0.15, 0.2) is 0 Å². The van der Waals surface area contributed by atoms with Crippen LogP contribution < -0.4 is 10.0 Å². The highest BCUT2D eigenvalue weighted by Gasteiger charge is 2.19. The zero-order chi connectivity index (χ0) is 18.3. The number of amides is 1. The van der Waals surface area contributed by atoms with E-state index >= 15 is 0 Å². The molecule has 6 nitrogen and oxygen atoms in total. The summed E-state index contributed by atoms with van der Waals surface area (Å²) in [5.74, 6) is -0.142. The fraction of sp³-hybridized carbons (Fsp3) is 0.611. The van der Waals surface area contributed by atoms with Gasteiger partial charge in [-0.3, -0.25) is 4.79 Å². The summed E-state index contributed by atoms with van der Waals surface area (Å²) in [6.45, 7) is 2.02. The minimum absolute atomic E-state index is 0.140. The van der Waals surface area contributed by atoms with Crippen LogP contribution in [0.5, 0.6) is 0 Å². The Balaban J connectivity index is 1.99. The van der Waals surface area contributed by atoms with Crippen molar-refractivity contribution in [3.63, 3.8) is 0 Å². The van der Waals surface area contributed by atoms with Crippen molar-refractivity contribution < 1.29 is 17.9 Å². The predicted molar refractivity (Wildman–Crippen MR) is 97.1 cm³/mol. The maximum absolute atomic E-state index is 12.4. The first-order chi connectivity index (χ1) is 11.9. The molecule has 1 aliphatic carbocycles. The van der Waals surface area contributed by atoms with Crippen molar-refractivity contribution in [1.29, 1.82) is 0 Å². The van der Waals surface area contributed by atoms with Gasteiger partial charge in [0.25, 0.3) is 5.91 Å². The first kappa shape index (κ1) is 19.9. The lowest BCUT2D eigenvalue weighted by Crippen LogP contribution is -2.36. The van der Waals surface area contributed by atoms with Gasteiger partial charge in [-0.1, -0.05) is 25.7 Å². The fourth-order valence-corrected chi connectivity index (χ4v) is 4.32. The third-order valence-electron chi connectivity index (χ3n) is 4.39. The molecule has 2 N–H and O–H groups in total. The first-order valence-electron chi connectivity index (χ1n) is 8.84. The average Bonchev–Trinajstić information content (AvgIpc) is 2.83. The molecule has 0 saturated heterocycles. The second-order valence-electron chi connectivity index (χ2n) is 6.66. The molecule has 1 aromatic carbocycles. The number of hydrogen-bond acceptors (Lipinski definition) is 4. The van der Waals surface area contributed by atoms with E-state index in [1.54, 1.807) is 19.1 Å². The molecule has 7 heteroatoms. The molecule has 2 rings (SSSR count). The molecule has 140 valence electrons. The van der Waals surface area contributed by atoms with Crippen molar-refractivity contribution in [3.05, 3.63) is 29.8 Å². The summed E-state index contributed by atoms with van der Waals surface area (Å²) in [6.07, 6.45) is 6.78. The first-order valence-corrected chi connectivity index (χ1v) is 10.3. The van der Waals surface area contributed by atoms with Crippen LogP contribution in [-0.2, 0) is 14.8 Å². The van der Waals surface area contributed by atoms with E-state index in [2.05, 4.69) is 10.0 Å². The number of benzene rings is 1. The van der Waals surface area contributed by atoms with E-state index in [1.165, 1.54) is 32.1 Å². The van der Waals surface area contributed by atoms with Crippen LogP contribution in [0, 0.1) is 0 Å². The SMILES string of the molecule is COCC(C)NS(=O)(=O)c1ccc(C(=O)NC2CCCCCC2)cc1. The summed E-state index contributed by atoms with van der Waals surface area (Å²) in [5, 5.41) is 3.06. The number of carbonyl (C=O) groups is 1.